The largest absolute Gasteiger partial charge is 0.416 e. The summed E-state index contributed by atoms with van der Waals surface area (Å²) in [6.07, 6.45) is -8.80. The quantitative estimate of drug-likeness (QED) is 0.506. The summed E-state index contributed by atoms with van der Waals surface area (Å²) in [5.41, 5.74) is 3.45. The number of carbonyl (C=O) groups excluding carboxylic acids is 2. The lowest BCUT2D eigenvalue weighted by molar-refractivity contribution is -0.138. The number of anilines is 1. The van der Waals surface area contributed by atoms with Gasteiger partial charge in [0, 0.05) is 44.5 Å². The number of rotatable bonds is 6. The fourth-order valence-corrected chi connectivity index (χ4v) is 4.43. The van der Waals surface area contributed by atoms with Crippen LogP contribution in [0.3, 0.4) is 0 Å². The lowest BCUT2D eigenvalue weighted by Crippen LogP contribution is -2.55. The first-order valence-corrected chi connectivity index (χ1v) is 11.8. The summed E-state index contributed by atoms with van der Waals surface area (Å²) in [6, 6.07) is 5.01. The Kier molecular flexibility index (Phi) is 8.63. The Labute approximate surface area is 214 Å². The zero-order valence-electron chi connectivity index (χ0n) is 19.7. The maximum absolute atomic E-state index is 13.3. The van der Waals surface area contributed by atoms with E-state index in [2.05, 4.69) is 5.32 Å². The molecule has 0 aromatic heterocycles. The number of hydrogen-bond acceptors (Lipinski definition) is 4. The first kappa shape index (κ1) is 28.6. The molecule has 1 fully saturated rings. The van der Waals surface area contributed by atoms with Gasteiger partial charge in [-0.2, -0.15) is 26.3 Å². The maximum atomic E-state index is 13.3. The molecule has 0 aliphatic carbocycles. The normalized spacial score (nSPS) is 16.6. The van der Waals surface area contributed by atoms with Crippen molar-refractivity contribution in [2.75, 3.05) is 37.6 Å². The number of piperazine rings is 1. The highest BCUT2D eigenvalue weighted by Crippen LogP contribution is 2.35. The van der Waals surface area contributed by atoms with Gasteiger partial charge in [0.05, 0.1) is 27.3 Å². The summed E-state index contributed by atoms with van der Waals surface area (Å²) >= 11 is 5.99. The van der Waals surface area contributed by atoms with E-state index in [0.717, 1.165) is 24.3 Å². The van der Waals surface area contributed by atoms with Crippen LogP contribution in [0.15, 0.2) is 36.4 Å². The molecule has 0 unspecified atom stereocenters. The average Bonchev–Trinajstić information content (AvgIpc) is 2.85. The number of halogens is 7. The molecule has 37 heavy (non-hydrogen) atoms. The first-order chi connectivity index (χ1) is 17.3. The van der Waals surface area contributed by atoms with Crippen molar-refractivity contribution in [3.8, 4) is 0 Å². The SMILES string of the molecule is CC[C@@H]1CN(C(=O)c2ccc(C(F)(F)F)cc2Cl)CCN1c1ccc(C(F)(F)F)cc1C(=O)NCCN. The van der Waals surface area contributed by atoms with E-state index in [9.17, 15) is 35.9 Å². The average molecular weight is 551 g/mol. The minimum absolute atomic E-state index is 0.0713. The molecule has 13 heteroatoms. The Morgan fingerprint density at radius 2 is 1.62 bits per heavy atom. The highest BCUT2D eigenvalue weighted by molar-refractivity contribution is 6.33. The highest BCUT2D eigenvalue weighted by Gasteiger charge is 2.36. The Balaban J connectivity index is 1.88. The van der Waals surface area contributed by atoms with Gasteiger partial charge >= 0.3 is 12.4 Å². The second-order valence-corrected chi connectivity index (χ2v) is 8.88. The molecule has 1 saturated heterocycles. The molecule has 6 nitrogen and oxygen atoms in total. The third kappa shape index (κ3) is 6.48. The van der Waals surface area contributed by atoms with Gasteiger partial charge in [-0.25, -0.2) is 0 Å². The first-order valence-electron chi connectivity index (χ1n) is 11.4. The van der Waals surface area contributed by atoms with Crippen LogP contribution in [0.25, 0.3) is 0 Å². The molecule has 0 bridgehead atoms. The number of nitrogens with two attached hydrogens (primary N) is 1. The third-order valence-electron chi connectivity index (χ3n) is 6.08. The van der Waals surface area contributed by atoms with Crippen molar-refractivity contribution in [1.29, 1.82) is 0 Å². The van der Waals surface area contributed by atoms with Crippen LogP contribution in [-0.2, 0) is 12.4 Å². The molecule has 3 N–H and O–H groups in total. The van der Waals surface area contributed by atoms with Crippen LogP contribution in [0.5, 0.6) is 0 Å². The predicted molar refractivity (Wildman–Crippen MR) is 127 cm³/mol. The Morgan fingerprint density at radius 3 is 2.19 bits per heavy atom. The van der Waals surface area contributed by atoms with Crippen molar-refractivity contribution in [3.63, 3.8) is 0 Å². The molecular formula is C24H25ClF6N4O2. The van der Waals surface area contributed by atoms with Gasteiger partial charge in [0.25, 0.3) is 11.8 Å². The van der Waals surface area contributed by atoms with Gasteiger partial charge < -0.3 is 20.9 Å². The number of benzene rings is 2. The van der Waals surface area contributed by atoms with Crippen LogP contribution in [0.4, 0.5) is 32.0 Å². The van der Waals surface area contributed by atoms with Gasteiger partial charge in [-0.05, 0) is 42.8 Å². The van der Waals surface area contributed by atoms with Gasteiger partial charge in [0.15, 0.2) is 0 Å². The minimum atomic E-state index is -4.66. The summed E-state index contributed by atoms with van der Waals surface area (Å²) in [5, 5.41) is 2.16. The summed E-state index contributed by atoms with van der Waals surface area (Å²) < 4.78 is 78.9. The maximum Gasteiger partial charge on any atom is 0.416 e. The van der Waals surface area contributed by atoms with Crippen LogP contribution in [0.1, 0.15) is 45.2 Å². The Morgan fingerprint density at radius 1 is 1.00 bits per heavy atom. The zero-order chi connectivity index (χ0) is 27.5. The van der Waals surface area contributed by atoms with E-state index in [1.54, 1.807) is 4.90 Å². The van der Waals surface area contributed by atoms with Crippen molar-refractivity contribution in [1.82, 2.24) is 10.2 Å². The standard InChI is InChI=1S/C24H25ClF6N4O2/c1-2-16-13-34(22(37)17-5-3-15(12-19(17)25)24(29,30)31)9-10-35(16)20-6-4-14(23(26,27)28)11-18(20)21(36)33-8-7-32/h3-6,11-12,16H,2,7-10,13,32H2,1H3,(H,33,36)/t16-/m1/s1. The summed E-state index contributed by atoms with van der Waals surface area (Å²) in [5.74, 6) is -1.28. The van der Waals surface area contributed by atoms with E-state index in [1.807, 2.05) is 6.92 Å². The van der Waals surface area contributed by atoms with Gasteiger partial charge in [0.1, 0.15) is 0 Å². The molecule has 1 heterocycles. The molecule has 1 aliphatic rings. The van der Waals surface area contributed by atoms with Gasteiger partial charge in [0.2, 0.25) is 0 Å². The molecule has 1 atom stereocenters. The topological polar surface area (TPSA) is 78.7 Å². The van der Waals surface area contributed by atoms with E-state index >= 15 is 0 Å². The monoisotopic (exact) mass is 550 g/mol. The van der Waals surface area contributed by atoms with Crippen LogP contribution in [0, 0.1) is 0 Å². The molecule has 3 rings (SSSR count). The predicted octanol–water partition coefficient (Wildman–Crippen LogP) is 4.81. The number of alkyl halides is 6. The van der Waals surface area contributed by atoms with Crippen LogP contribution >= 0.6 is 11.6 Å². The van der Waals surface area contributed by atoms with Gasteiger partial charge in [-0.1, -0.05) is 18.5 Å². The molecule has 202 valence electrons. The zero-order valence-corrected chi connectivity index (χ0v) is 20.5. The van der Waals surface area contributed by atoms with Crippen LogP contribution in [0.2, 0.25) is 5.02 Å². The van der Waals surface area contributed by atoms with Crippen molar-refractivity contribution in [3.05, 3.63) is 63.7 Å². The lowest BCUT2D eigenvalue weighted by Gasteiger charge is -2.43. The van der Waals surface area contributed by atoms with Gasteiger partial charge in [-0.15, -0.1) is 0 Å². The molecule has 2 aromatic rings. The smallest absolute Gasteiger partial charge is 0.364 e. The second-order valence-electron chi connectivity index (χ2n) is 8.47. The van der Waals surface area contributed by atoms with Gasteiger partial charge in [-0.3, -0.25) is 9.59 Å². The van der Waals surface area contributed by atoms with E-state index in [4.69, 9.17) is 17.3 Å². The second kappa shape index (κ2) is 11.2. The van der Waals surface area contributed by atoms with Crippen molar-refractivity contribution in [2.45, 2.75) is 31.7 Å². The van der Waals surface area contributed by atoms with E-state index in [1.165, 1.54) is 11.0 Å². The Bertz CT molecular complexity index is 1160. The fraction of sp³-hybridized carbons (Fsp3) is 0.417. The van der Waals surface area contributed by atoms with E-state index in [-0.39, 0.29) is 60.6 Å². The number of nitrogens with one attached hydrogen (secondary N) is 1. The molecule has 1 aliphatic heterocycles. The van der Waals surface area contributed by atoms with E-state index < -0.39 is 35.3 Å². The third-order valence-corrected chi connectivity index (χ3v) is 6.39. The molecule has 0 radical (unpaired) electrons. The number of carbonyl (C=O) groups is 2. The van der Waals surface area contributed by atoms with Crippen LogP contribution in [-0.4, -0.2) is 55.5 Å². The molecule has 0 saturated carbocycles. The summed E-state index contributed by atoms with van der Waals surface area (Å²) in [4.78, 5) is 29.0. The highest BCUT2D eigenvalue weighted by atomic mass is 35.5. The fourth-order valence-electron chi connectivity index (χ4n) is 4.17. The van der Waals surface area contributed by atoms with Crippen molar-refractivity contribution < 1.29 is 35.9 Å². The van der Waals surface area contributed by atoms with Crippen LogP contribution < -0.4 is 16.0 Å². The minimum Gasteiger partial charge on any atom is -0.364 e. The molecular weight excluding hydrogens is 526 g/mol. The van der Waals surface area contributed by atoms with Crippen molar-refractivity contribution >= 4 is 29.1 Å². The van der Waals surface area contributed by atoms with E-state index in [0.29, 0.717) is 12.5 Å². The number of amides is 2. The van der Waals surface area contributed by atoms with Crippen molar-refractivity contribution in [2.24, 2.45) is 5.73 Å². The molecule has 2 aromatic carbocycles. The number of hydrogen-bond donors (Lipinski definition) is 2. The Hall–Kier alpha value is -2.99. The molecule has 0 spiro atoms. The summed E-state index contributed by atoms with van der Waals surface area (Å²) in [7, 11) is 0. The lowest BCUT2D eigenvalue weighted by atomic mass is 10.0. The summed E-state index contributed by atoms with van der Waals surface area (Å²) in [6.45, 7) is 2.39. The number of nitrogens with zero attached hydrogens (tertiary/aromatic N) is 2. The molecule has 2 amide bonds.